The van der Waals surface area contributed by atoms with Gasteiger partial charge in [-0.1, -0.05) is 12.1 Å². The van der Waals surface area contributed by atoms with E-state index in [1.165, 1.54) is 14.0 Å². The van der Waals surface area contributed by atoms with E-state index in [4.69, 9.17) is 0 Å². The number of benzene rings is 2. The van der Waals surface area contributed by atoms with Crippen molar-refractivity contribution >= 4 is 29.0 Å². The molecule has 0 spiro atoms. The zero-order chi connectivity index (χ0) is 17.5. The number of rotatable bonds is 6. The molecule has 1 amide bonds. The molecule has 0 saturated carbocycles. The summed E-state index contributed by atoms with van der Waals surface area (Å²) in [5.74, 6) is -0.715. The van der Waals surface area contributed by atoms with Crippen LogP contribution in [-0.2, 0) is 9.53 Å². The number of ketones is 1. The Kier molecular flexibility index (Phi) is 5.68. The minimum atomic E-state index is -0.412. The molecule has 0 fully saturated rings. The predicted octanol–water partition coefficient (Wildman–Crippen LogP) is 2.73. The molecule has 6 nitrogen and oxygen atoms in total. The lowest BCUT2D eigenvalue weighted by Crippen LogP contribution is -2.21. The Labute approximate surface area is 139 Å². The van der Waals surface area contributed by atoms with Crippen molar-refractivity contribution in [1.82, 2.24) is 0 Å². The van der Waals surface area contributed by atoms with Gasteiger partial charge in [0.05, 0.1) is 19.2 Å². The number of hydrogen-bond donors (Lipinski definition) is 2. The molecule has 6 heteroatoms. The van der Waals surface area contributed by atoms with Crippen LogP contribution in [-0.4, -0.2) is 31.3 Å². The van der Waals surface area contributed by atoms with E-state index in [-0.39, 0.29) is 18.2 Å². The number of carbonyl (C=O) groups excluding carboxylic acids is 3. The summed E-state index contributed by atoms with van der Waals surface area (Å²) in [6.45, 7) is 1.53. The molecule has 2 rings (SSSR count). The summed E-state index contributed by atoms with van der Waals surface area (Å²) in [4.78, 5) is 34.6. The fourth-order valence-corrected chi connectivity index (χ4v) is 2.05. The van der Waals surface area contributed by atoms with E-state index in [9.17, 15) is 14.4 Å². The average Bonchev–Trinajstić information content (AvgIpc) is 2.60. The van der Waals surface area contributed by atoms with Crippen LogP contribution in [0.3, 0.4) is 0 Å². The third-order valence-corrected chi connectivity index (χ3v) is 3.31. The number of Topliss-reactive ketones (excluding diaryl/α,β-unsaturated/α-hetero) is 1. The van der Waals surface area contributed by atoms with Crippen LogP contribution in [0.2, 0.25) is 0 Å². The second kappa shape index (κ2) is 7.92. The van der Waals surface area contributed by atoms with Crippen molar-refractivity contribution in [2.24, 2.45) is 0 Å². The summed E-state index contributed by atoms with van der Waals surface area (Å²) in [5, 5.41) is 5.67. The first kappa shape index (κ1) is 17.2. The lowest BCUT2D eigenvalue weighted by Gasteiger charge is -2.09. The van der Waals surface area contributed by atoms with Gasteiger partial charge in [0.25, 0.3) is 0 Å². The quantitative estimate of drug-likeness (QED) is 0.630. The molecule has 2 N–H and O–H groups in total. The first-order valence-corrected chi connectivity index (χ1v) is 7.32. The van der Waals surface area contributed by atoms with E-state index in [2.05, 4.69) is 15.4 Å². The minimum Gasteiger partial charge on any atom is -0.465 e. The van der Waals surface area contributed by atoms with Crippen LogP contribution in [0.15, 0.2) is 48.5 Å². The van der Waals surface area contributed by atoms with Gasteiger partial charge in [0.2, 0.25) is 5.91 Å². The van der Waals surface area contributed by atoms with Crippen LogP contribution in [0.5, 0.6) is 0 Å². The summed E-state index contributed by atoms with van der Waals surface area (Å²) in [5.41, 5.74) is 2.25. The van der Waals surface area contributed by atoms with Crippen LogP contribution in [0.1, 0.15) is 27.6 Å². The van der Waals surface area contributed by atoms with E-state index in [0.29, 0.717) is 22.5 Å². The molecule has 24 heavy (non-hydrogen) atoms. The van der Waals surface area contributed by atoms with E-state index in [1.54, 1.807) is 48.5 Å². The van der Waals surface area contributed by atoms with Crippen molar-refractivity contribution in [3.63, 3.8) is 0 Å². The molecule has 0 aliphatic carbocycles. The van der Waals surface area contributed by atoms with E-state index in [1.807, 2.05) is 0 Å². The molecule has 124 valence electrons. The molecule has 0 heterocycles. The van der Waals surface area contributed by atoms with Crippen LogP contribution in [0.4, 0.5) is 11.4 Å². The number of amides is 1. The number of methoxy groups -OCH3 is 1. The maximum absolute atomic E-state index is 12.0. The van der Waals surface area contributed by atoms with E-state index < -0.39 is 5.97 Å². The number of nitrogens with one attached hydrogen (secondary N) is 2. The standard InChI is InChI=1S/C18H18N2O4/c1-12(21)14-4-3-5-16(10-14)20-17(22)11-19-15-8-6-13(7-9-15)18(23)24-2/h3-10,19H,11H2,1-2H3,(H,20,22). The van der Waals surface area contributed by atoms with Gasteiger partial charge in [-0.25, -0.2) is 4.79 Å². The first-order valence-electron chi connectivity index (χ1n) is 7.32. The lowest BCUT2D eigenvalue weighted by atomic mass is 10.1. The molecule has 2 aromatic carbocycles. The summed E-state index contributed by atoms with van der Waals surface area (Å²) in [6.07, 6.45) is 0. The largest absolute Gasteiger partial charge is 0.465 e. The van der Waals surface area contributed by atoms with Gasteiger partial charge >= 0.3 is 5.97 Å². The SMILES string of the molecule is COC(=O)c1ccc(NCC(=O)Nc2cccc(C(C)=O)c2)cc1. The first-order chi connectivity index (χ1) is 11.5. The number of anilines is 2. The second-order valence-corrected chi connectivity index (χ2v) is 5.11. The highest BCUT2D eigenvalue weighted by molar-refractivity contribution is 5.98. The highest BCUT2D eigenvalue weighted by atomic mass is 16.5. The van der Waals surface area contributed by atoms with Gasteiger partial charge in [0, 0.05) is 16.9 Å². The monoisotopic (exact) mass is 326 g/mol. The van der Waals surface area contributed by atoms with Crippen molar-refractivity contribution in [2.75, 3.05) is 24.3 Å². The Morgan fingerprint density at radius 3 is 2.29 bits per heavy atom. The molecule has 0 aliphatic heterocycles. The topological polar surface area (TPSA) is 84.5 Å². The van der Waals surface area contributed by atoms with Crippen LogP contribution >= 0.6 is 0 Å². The van der Waals surface area contributed by atoms with E-state index in [0.717, 1.165) is 0 Å². The normalized spacial score (nSPS) is 9.92. The molecule has 0 bridgehead atoms. The van der Waals surface area contributed by atoms with Crippen molar-refractivity contribution < 1.29 is 19.1 Å². The third kappa shape index (κ3) is 4.67. The summed E-state index contributed by atoms with van der Waals surface area (Å²) in [6, 6.07) is 13.4. The molecule has 0 radical (unpaired) electrons. The fraction of sp³-hybridized carbons (Fsp3) is 0.167. The number of ether oxygens (including phenoxy) is 1. The molecular weight excluding hydrogens is 308 g/mol. The lowest BCUT2D eigenvalue weighted by molar-refractivity contribution is -0.114. The molecule has 0 aliphatic rings. The van der Waals surface area contributed by atoms with Crippen LogP contribution < -0.4 is 10.6 Å². The number of carbonyl (C=O) groups is 3. The molecule has 0 unspecified atom stereocenters. The van der Waals surface area contributed by atoms with Gasteiger partial charge in [-0.3, -0.25) is 9.59 Å². The van der Waals surface area contributed by atoms with Crippen LogP contribution in [0.25, 0.3) is 0 Å². The Bertz CT molecular complexity index is 754. The summed E-state index contributed by atoms with van der Waals surface area (Å²) >= 11 is 0. The maximum atomic E-state index is 12.0. The smallest absolute Gasteiger partial charge is 0.337 e. The molecule has 0 aromatic heterocycles. The van der Waals surface area contributed by atoms with Gasteiger partial charge in [-0.05, 0) is 43.3 Å². The Morgan fingerprint density at radius 1 is 0.958 bits per heavy atom. The highest BCUT2D eigenvalue weighted by Crippen LogP contribution is 2.12. The maximum Gasteiger partial charge on any atom is 0.337 e. The zero-order valence-corrected chi connectivity index (χ0v) is 13.5. The Balaban J connectivity index is 1.90. The molecule has 0 atom stereocenters. The fourth-order valence-electron chi connectivity index (χ4n) is 2.05. The summed E-state index contributed by atoms with van der Waals surface area (Å²) in [7, 11) is 1.32. The van der Waals surface area contributed by atoms with Crippen molar-refractivity contribution in [1.29, 1.82) is 0 Å². The number of esters is 1. The average molecular weight is 326 g/mol. The predicted molar refractivity (Wildman–Crippen MR) is 91.3 cm³/mol. The Morgan fingerprint density at radius 2 is 1.67 bits per heavy atom. The van der Waals surface area contributed by atoms with Crippen molar-refractivity contribution in [3.05, 3.63) is 59.7 Å². The molecular formula is C18H18N2O4. The van der Waals surface area contributed by atoms with Crippen LogP contribution in [0, 0.1) is 0 Å². The van der Waals surface area contributed by atoms with Gasteiger partial charge in [0.15, 0.2) is 5.78 Å². The van der Waals surface area contributed by atoms with Gasteiger partial charge < -0.3 is 15.4 Å². The highest BCUT2D eigenvalue weighted by Gasteiger charge is 2.07. The van der Waals surface area contributed by atoms with E-state index >= 15 is 0 Å². The van der Waals surface area contributed by atoms with Crippen molar-refractivity contribution in [3.8, 4) is 0 Å². The van der Waals surface area contributed by atoms with Crippen molar-refractivity contribution in [2.45, 2.75) is 6.92 Å². The number of hydrogen-bond acceptors (Lipinski definition) is 5. The molecule has 0 saturated heterocycles. The zero-order valence-electron chi connectivity index (χ0n) is 13.5. The summed E-state index contributed by atoms with van der Waals surface area (Å²) < 4.78 is 4.62. The third-order valence-electron chi connectivity index (χ3n) is 3.31. The Hall–Kier alpha value is -3.15. The van der Waals surface area contributed by atoms with Gasteiger partial charge in [-0.2, -0.15) is 0 Å². The minimum absolute atomic E-state index is 0.0574. The van der Waals surface area contributed by atoms with Gasteiger partial charge in [0.1, 0.15) is 0 Å². The second-order valence-electron chi connectivity index (χ2n) is 5.11. The molecule has 2 aromatic rings. The van der Waals surface area contributed by atoms with Gasteiger partial charge in [-0.15, -0.1) is 0 Å².